The highest BCUT2D eigenvalue weighted by molar-refractivity contribution is 5.81. The van der Waals surface area contributed by atoms with E-state index >= 15 is 0 Å². The van der Waals surface area contributed by atoms with Crippen LogP contribution in [0.1, 0.15) is 5.69 Å². The molecule has 3 aromatic rings. The van der Waals surface area contributed by atoms with Gasteiger partial charge in [0.1, 0.15) is 5.82 Å². The maximum Gasteiger partial charge on any atom is 0.125 e. The molecule has 0 unspecified atom stereocenters. The minimum Gasteiger partial charge on any atom is -0.316 e. The number of benzene rings is 2. The van der Waals surface area contributed by atoms with E-state index in [1.807, 2.05) is 53.2 Å². The van der Waals surface area contributed by atoms with Gasteiger partial charge in [0.05, 0.1) is 17.6 Å². The van der Waals surface area contributed by atoms with Crippen LogP contribution in [0.5, 0.6) is 0 Å². The molecule has 0 fully saturated rings. The fourth-order valence-corrected chi connectivity index (χ4v) is 2.02. The fraction of sp³-hybridized carbons (Fsp3) is 0. The number of rotatable bonds is 3. The van der Waals surface area contributed by atoms with Crippen LogP contribution in [-0.4, -0.2) is 10.8 Å². The number of hydrogen-bond donors (Lipinski definition) is 0. The topological polar surface area (TPSA) is 17.3 Å². The normalized spacial score (nSPS) is 11.1. The van der Waals surface area contributed by atoms with Crippen molar-refractivity contribution in [2.45, 2.75) is 0 Å². The molecule has 3 heteroatoms. The third-order valence-corrected chi connectivity index (χ3v) is 2.97. The average molecular weight is 264 g/mol. The Hall–Kier alpha value is -2.68. The molecule has 0 aliphatic carbocycles. The Labute approximate surface area is 116 Å². The molecule has 0 aliphatic heterocycles. The van der Waals surface area contributed by atoms with Crippen molar-refractivity contribution in [1.29, 1.82) is 0 Å². The van der Waals surface area contributed by atoms with Crippen molar-refractivity contribution in [2.24, 2.45) is 4.99 Å². The van der Waals surface area contributed by atoms with Gasteiger partial charge in [-0.05, 0) is 42.5 Å². The van der Waals surface area contributed by atoms with Gasteiger partial charge in [0.25, 0.3) is 0 Å². The van der Waals surface area contributed by atoms with Crippen LogP contribution in [0.15, 0.2) is 77.9 Å². The third-order valence-electron chi connectivity index (χ3n) is 2.97. The second-order valence-corrected chi connectivity index (χ2v) is 4.38. The Kier molecular flexibility index (Phi) is 3.42. The van der Waals surface area contributed by atoms with Gasteiger partial charge in [0, 0.05) is 11.9 Å². The smallest absolute Gasteiger partial charge is 0.125 e. The van der Waals surface area contributed by atoms with Crippen molar-refractivity contribution in [3.05, 3.63) is 84.4 Å². The lowest BCUT2D eigenvalue weighted by Crippen LogP contribution is -1.97. The van der Waals surface area contributed by atoms with Gasteiger partial charge < -0.3 is 4.57 Å². The zero-order valence-corrected chi connectivity index (χ0v) is 10.8. The minimum absolute atomic E-state index is 0.280. The summed E-state index contributed by atoms with van der Waals surface area (Å²) < 4.78 is 15.1. The summed E-state index contributed by atoms with van der Waals surface area (Å²) in [6.07, 6.45) is 3.71. The van der Waals surface area contributed by atoms with Crippen LogP contribution in [0.25, 0.3) is 5.69 Å². The highest BCUT2D eigenvalue weighted by Crippen LogP contribution is 2.15. The number of aromatic nitrogens is 1. The number of nitrogens with zero attached hydrogens (tertiary/aromatic N) is 2. The summed E-state index contributed by atoms with van der Waals surface area (Å²) in [6.45, 7) is 0. The van der Waals surface area contributed by atoms with Crippen LogP contribution in [0.4, 0.5) is 10.1 Å². The molecule has 0 saturated carbocycles. The molecule has 0 N–H and O–H groups in total. The molecule has 1 aromatic heterocycles. The molecule has 0 spiro atoms. The summed E-state index contributed by atoms with van der Waals surface area (Å²) in [5, 5.41) is 0. The predicted octanol–water partition coefficient (Wildman–Crippen LogP) is 4.37. The zero-order valence-electron chi connectivity index (χ0n) is 10.8. The lowest BCUT2D eigenvalue weighted by Gasteiger charge is -2.05. The predicted molar refractivity (Wildman–Crippen MR) is 79.4 cm³/mol. The van der Waals surface area contributed by atoms with Crippen LogP contribution in [0, 0.1) is 5.82 Å². The maximum absolute atomic E-state index is 13.1. The Bertz CT molecular complexity index is 730. The molecular weight excluding hydrogens is 251 g/mol. The summed E-state index contributed by atoms with van der Waals surface area (Å²) in [4.78, 5) is 4.31. The fourth-order valence-electron chi connectivity index (χ4n) is 2.02. The van der Waals surface area contributed by atoms with Crippen LogP contribution < -0.4 is 0 Å². The van der Waals surface area contributed by atoms with E-state index in [2.05, 4.69) is 4.99 Å². The molecule has 1 heterocycles. The average Bonchev–Trinajstić information content (AvgIpc) is 2.95. The van der Waals surface area contributed by atoms with Gasteiger partial charge in [0.2, 0.25) is 0 Å². The van der Waals surface area contributed by atoms with E-state index in [-0.39, 0.29) is 5.82 Å². The summed E-state index contributed by atoms with van der Waals surface area (Å²) in [5.74, 6) is -0.280. The molecule has 20 heavy (non-hydrogen) atoms. The Morgan fingerprint density at radius 3 is 2.55 bits per heavy atom. The monoisotopic (exact) mass is 264 g/mol. The van der Waals surface area contributed by atoms with E-state index in [0.717, 1.165) is 11.4 Å². The third kappa shape index (κ3) is 2.67. The highest BCUT2D eigenvalue weighted by atomic mass is 19.1. The van der Waals surface area contributed by atoms with E-state index < -0.39 is 0 Å². The first-order valence-electron chi connectivity index (χ1n) is 6.35. The molecule has 2 aromatic carbocycles. The summed E-state index contributed by atoms with van der Waals surface area (Å²) in [5.41, 5.74) is 2.62. The molecule has 0 bridgehead atoms. The van der Waals surface area contributed by atoms with Gasteiger partial charge in [-0.1, -0.05) is 24.3 Å². The highest BCUT2D eigenvalue weighted by Gasteiger charge is 2.00. The molecule has 2 nitrogen and oxygen atoms in total. The van der Waals surface area contributed by atoms with E-state index in [4.69, 9.17) is 0 Å². The maximum atomic E-state index is 13.1. The second kappa shape index (κ2) is 5.53. The van der Waals surface area contributed by atoms with Crippen LogP contribution in [0.2, 0.25) is 0 Å². The lowest BCUT2D eigenvalue weighted by molar-refractivity contribution is 0.628. The molecule has 98 valence electrons. The first-order valence-corrected chi connectivity index (χ1v) is 6.35. The minimum atomic E-state index is -0.280. The first-order chi connectivity index (χ1) is 9.83. The van der Waals surface area contributed by atoms with Gasteiger partial charge in [-0.15, -0.1) is 0 Å². The van der Waals surface area contributed by atoms with Crippen molar-refractivity contribution in [2.75, 3.05) is 0 Å². The van der Waals surface area contributed by atoms with Crippen molar-refractivity contribution < 1.29 is 4.39 Å². The van der Waals surface area contributed by atoms with Crippen molar-refractivity contribution in [3.63, 3.8) is 0 Å². The SMILES string of the molecule is Fc1cccc(N=Cc2cccn2-c2ccccc2)c1. The molecule has 3 rings (SSSR count). The number of para-hydroxylation sites is 1. The molecule has 0 atom stereocenters. The van der Waals surface area contributed by atoms with Gasteiger partial charge in [0.15, 0.2) is 0 Å². The lowest BCUT2D eigenvalue weighted by atomic mass is 10.3. The van der Waals surface area contributed by atoms with Gasteiger partial charge >= 0.3 is 0 Å². The summed E-state index contributed by atoms with van der Waals surface area (Å²) >= 11 is 0. The van der Waals surface area contributed by atoms with Gasteiger partial charge in [-0.2, -0.15) is 0 Å². The summed E-state index contributed by atoms with van der Waals surface area (Å²) in [7, 11) is 0. The quantitative estimate of drug-likeness (QED) is 0.625. The van der Waals surface area contributed by atoms with E-state index in [9.17, 15) is 4.39 Å². The zero-order chi connectivity index (χ0) is 13.8. The second-order valence-electron chi connectivity index (χ2n) is 4.38. The Morgan fingerprint density at radius 2 is 1.75 bits per heavy atom. The van der Waals surface area contributed by atoms with Crippen molar-refractivity contribution in [1.82, 2.24) is 4.57 Å². The first kappa shape index (κ1) is 12.4. The largest absolute Gasteiger partial charge is 0.316 e. The molecule has 0 aliphatic rings. The van der Waals surface area contributed by atoms with Crippen LogP contribution in [0.3, 0.4) is 0 Å². The van der Waals surface area contributed by atoms with Gasteiger partial charge in [-0.3, -0.25) is 4.99 Å². The standard InChI is InChI=1S/C17H13FN2/c18-14-6-4-7-15(12-14)19-13-17-10-5-11-20(17)16-8-2-1-3-9-16/h1-13H. The van der Waals surface area contributed by atoms with Gasteiger partial charge in [-0.25, -0.2) is 4.39 Å². The molecule has 0 saturated heterocycles. The van der Waals surface area contributed by atoms with E-state index in [1.165, 1.54) is 12.1 Å². The molecular formula is C17H13FN2. The van der Waals surface area contributed by atoms with Crippen LogP contribution >= 0.6 is 0 Å². The number of halogens is 1. The number of aliphatic imine (C=N–C) groups is 1. The van der Waals surface area contributed by atoms with E-state index in [0.29, 0.717) is 5.69 Å². The Balaban J connectivity index is 1.91. The Morgan fingerprint density at radius 1 is 0.900 bits per heavy atom. The van der Waals surface area contributed by atoms with Crippen LogP contribution in [-0.2, 0) is 0 Å². The van der Waals surface area contributed by atoms with E-state index in [1.54, 1.807) is 18.3 Å². The summed E-state index contributed by atoms with van der Waals surface area (Å²) in [6, 6.07) is 20.2. The molecule has 0 amide bonds. The number of hydrogen-bond acceptors (Lipinski definition) is 1. The van der Waals surface area contributed by atoms with Crippen molar-refractivity contribution in [3.8, 4) is 5.69 Å². The van der Waals surface area contributed by atoms with Crippen molar-refractivity contribution >= 4 is 11.9 Å². The molecule has 0 radical (unpaired) electrons.